The van der Waals surface area contributed by atoms with Crippen LogP contribution in [-0.4, -0.2) is 64.6 Å². The van der Waals surface area contributed by atoms with E-state index in [9.17, 15) is 14.0 Å². The minimum absolute atomic E-state index is 0. The summed E-state index contributed by atoms with van der Waals surface area (Å²) in [7, 11) is 3.55. The lowest BCUT2D eigenvalue weighted by atomic mass is 10.1. The number of aromatic nitrogens is 2. The Balaban J connectivity index is 0.00000280. The largest absolute Gasteiger partial charge is 0.339 e. The lowest BCUT2D eigenvalue weighted by Gasteiger charge is -2.26. The van der Waals surface area contributed by atoms with Crippen molar-refractivity contribution in [1.82, 2.24) is 24.9 Å². The van der Waals surface area contributed by atoms with E-state index in [2.05, 4.69) is 10.4 Å². The van der Waals surface area contributed by atoms with Crippen molar-refractivity contribution >= 4 is 24.2 Å². The predicted octanol–water partition coefficient (Wildman–Crippen LogP) is 1.62. The second-order valence-corrected chi connectivity index (χ2v) is 6.65. The van der Waals surface area contributed by atoms with Crippen LogP contribution in [0, 0.1) is 5.82 Å². The molecule has 3 rings (SSSR count). The van der Waals surface area contributed by atoms with Crippen molar-refractivity contribution in [2.45, 2.75) is 12.5 Å². The highest BCUT2D eigenvalue weighted by atomic mass is 35.5. The molecule has 1 saturated heterocycles. The van der Waals surface area contributed by atoms with E-state index in [0.29, 0.717) is 38.2 Å². The highest BCUT2D eigenvalue weighted by Gasteiger charge is 2.28. The smallest absolute Gasteiger partial charge is 0.254 e. The summed E-state index contributed by atoms with van der Waals surface area (Å²) in [5, 5.41) is 7.18. The van der Waals surface area contributed by atoms with Crippen LogP contribution in [0.2, 0.25) is 0 Å². The molecule has 2 heterocycles. The second kappa shape index (κ2) is 9.66. The summed E-state index contributed by atoms with van der Waals surface area (Å²) in [6.45, 7) is 1.98. The van der Waals surface area contributed by atoms with Gasteiger partial charge in [-0.3, -0.25) is 14.3 Å². The number of aryl methyl sites for hydroxylation is 1. The number of benzene rings is 1. The van der Waals surface area contributed by atoms with Crippen molar-refractivity contribution < 1.29 is 14.0 Å². The summed E-state index contributed by atoms with van der Waals surface area (Å²) in [5.74, 6) is -0.674. The molecule has 28 heavy (non-hydrogen) atoms. The molecule has 1 atom stereocenters. The quantitative estimate of drug-likeness (QED) is 0.833. The van der Waals surface area contributed by atoms with E-state index in [1.165, 1.54) is 18.2 Å². The van der Waals surface area contributed by atoms with Gasteiger partial charge in [0.15, 0.2) is 0 Å². The van der Waals surface area contributed by atoms with Crippen LogP contribution < -0.4 is 5.32 Å². The summed E-state index contributed by atoms with van der Waals surface area (Å²) in [4.78, 5) is 29.0. The number of hydrogen-bond donors (Lipinski definition) is 1. The minimum atomic E-state index is -0.468. The fourth-order valence-corrected chi connectivity index (χ4v) is 3.35. The Labute approximate surface area is 169 Å². The first-order valence-corrected chi connectivity index (χ1v) is 8.99. The van der Waals surface area contributed by atoms with Crippen LogP contribution in [0.25, 0.3) is 0 Å². The zero-order valence-corrected chi connectivity index (χ0v) is 16.8. The number of hydrogen-bond acceptors (Lipinski definition) is 4. The number of carbonyl (C=O) groups is 2. The summed E-state index contributed by atoms with van der Waals surface area (Å²) in [6, 6.07) is 5.23. The maximum absolute atomic E-state index is 13.4. The van der Waals surface area contributed by atoms with E-state index < -0.39 is 11.9 Å². The fraction of sp³-hybridized carbons (Fsp3) is 0.421. The van der Waals surface area contributed by atoms with Gasteiger partial charge < -0.3 is 15.1 Å². The Morgan fingerprint density at radius 1 is 1.18 bits per heavy atom. The van der Waals surface area contributed by atoms with Crippen LogP contribution in [0.1, 0.15) is 28.4 Å². The SMILES string of the molecule is CNC(C(=O)N1CCCN(C(=O)c2cccc(F)c2)CC1)c1cnn(C)c1.Cl. The topological polar surface area (TPSA) is 70.5 Å². The van der Waals surface area contributed by atoms with Crippen LogP contribution in [0.4, 0.5) is 4.39 Å². The van der Waals surface area contributed by atoms with E-state index in [-0.39, 0.29) is 24.2 Å². The molecule has 0 aliphatic carbocycles. The summed E-state index contributed by atoms with van der Waals surface area (Å²) in [6.07, 6.45) is 4.17. The average molecular weight is 410 g/mol. The Bertz CT molecular complexity index is 828. The number of nitrogens with zero attached hydrogens (tertiary/aromatic N) is 4. The van der Waals surface area contributed by atoms with Crippen LogP contribution in [-0.2, 0) is 11.8 Å². The summed E-state index contributed by atoms with van der Waals surface area (Å²) >= 11 is 0. The van der Waals surface area contributed by atoms with Gasteiger partial charge in [-0.2, -0.15) is 5.10 Å². The maximum Gasteiger partial charge on any atom is 0.254 e. The van der Waals surface area contributed by atoms with Crippen molar-refractivity contribution in [2.75, 3.05) is 33.2 Å². The first kappa shape index (κ1) is 21.8. The molecule has 2 amide bonds. The Morgan fingerprint density at radius 3 is 2.54 bits per heavy atom. The Hall–Kier alpha value is -2.45. The van der Waals surface area contributed by atoms with E-state index in [1.54, 1.807) is 33.8 Å². The van der Waals surface area contributed by atoms with Gasteiger partial charge in [-0.25, -0.2) is 4.39 Å². The minimum Gasteiger partial charge on any atom is -0.339 e. The van der Waals surface area contributed by atoms with Crippen LogP contribution in [0.15, 0.2) is 36.7 Å². The van der Waals surface area contributed by atoms with Gasteiger partial charge in [-0.15, -0.1) is 12.4 Å². The molecular formula is C19H25ClFN5O2. The third-order valence-corrected chi connectivity index (χ3v) is 4.76. The normalized spacial score (nSPS) is 15.5. The first-order chi connectivity index (χ1) is 13.0. The van der Waals surface area contributed by atoms with Crippen molar-refractivity contribution in [3.05, 3.63) is 53.6 Å². The van der Waals surface area contributed by atoms with Crippen molar-refractivity contribution in [3.8, 4) is 0 Å². The zero-order valence-electron chi connectivity index (χ0n) is 16.0. The van der Waals surface area contributed by atoms with Crippen LogP contribution in [0.5, 0.6) is 0 Å². The van der Waals surface area contributed by atoms with Gasteiger partial charge in [-0.1, -0.05) is 6.07 Å². The predicted molar refractivity (Wildman–Crippen MR) is 106 cm³/mol. The number of halogens is 2. The standard InChI is InChI=1S/C19H24FN5O2.ClH/c1-21-17(15-12-22-23(2)13-15)19(27)25-8-4-7-24(9-10-25)18(26)14-5-3-6-16(20)11-14;/h3,5-6,11-13,17,21H,4,7-10H2,1-2H3;1H. The zero-order chi connectivity index (χ0) is 19.4. The number of carbonyl (C=O) groups excluding carboxylic acids is 2. The number of likely N-dealkylation sites (N-methyl/N-ethyl adjacent to an activating group) is 1. The summed E-state index contributed by atoms with van der Waals surface area (Å²) in [5.41, 5.74) is 1.14. The third-order valence-electron chi connectivity index (χ3n) is 4.76. The average Bonchev–Trinajstić information content (AvgIpc) is 2.93. The number of amides is 2. The third kappa shape index (κ3) is 4.88. The molecule has 1 fully saturated rings. The van der Waals surface area contributed by atoms with Crippen LogP contribution in [0.3, 0.4) is 0 Å². The molecule has 0 bridgehead atoms. The number of rotatable bonds is 4. The molecule has 7 nitrogen and oxygen atoms in total. The van der Waals surface area contributed by atoms with Gasteiger partial charge in [0.25, 0.3) is 5.91 Å². The molecule has 0 spiro atoms. The lowest BCUT2D eigenvalue weighted by Crippen LogP contribution is -2.42. The highest BCUT2D eigenvalue weighted by molar-refractivity contribution is 5.94. The van der Waals surface area contributed by atoms with Crippen LogP contribution >= 0.6 is 12.4 Å². The van der Waals surface area contributed by atoms with Gasteiger partial charge in [-0.05, 0) is 31.7 Å². The lowest BCUT2D eigenvalue weighted by molar-refractivity contribution is -0.133. The van der Waals surface area contributed by atoms with Gasteiger partial charge in [0.1, 0.15) is 11.9 Å². The molecule has 9 heteroatoms. The molecule has 152 valence electrons. The fourth-order valence-electron chi connectivity index (χ4n) is 3.35. The number of nitrogens with one attached hydrogen (secondary N) is 1. The van der Waals surface area contributed by atoms with Gasteiger partial charge >= 0.3 is 0 Å². The molecular weight excluding hydrogens is 385 g/mol. The van der Waals surface area contributed by atoms with Gasteiger partial charge in [0, 0.05) is 50.6 Å². The van der Waals surface area contributed by atoms with E-state index in [4.69, 9.17) is 0 Å². The molecule has 0 saturated carbocycles. The monoisotopic (exact) mass is 409 g/mol. The van der Waals surface area contributed by atoms with Gasteiger partial charge in [0.05, 0.1) is 6.20 Å². The molecule has 1 aliphatic heterocycles. The summed E-state index contributed by atoms with van der Waals surface area (Å²) < 4.78 is 15.1. The molecule has 1 aromatic heterocycles. The van der Waals surface area contributed by atoms with E-state index >= 15 is 0 Å². The van der Waals surface area contributed by atoms with Crippen molar-refractivity contribution in [1.29, 1.82) is 0 Å². The second-order valence-electron chi connectivity index (χ2n) is 6.65. The molecule has 2 aromatic rings. The molecule has 1 N–H and O–H groups in total. The van der Waals surface area contributed by atoms with Crippen molar-refractivity contribution in [3.63, 3.8) is 0 Å². The maximum atomic E-state index is 13.4. The Kier molecular flexibility index (Phi) is 7.53. The molecule has 1 aromatic carbocycles. The van der Waals surface area contributed by atoms with E-state index in [1.807, 2.05) is 13.2 Å². The first-order valence-electron chi connectivity index (χ1n) is 8.99. The molecule has 1 unspecified atom stereocenters. The highest BCUT2D eigenvalue weighted by Crippen LogP contribution is 2.17. The molecule has 1 aliphatic rings. The molecule has 0 radical (unpaired) electrons. The Morgan fingerprint density at radius 2 is 1.89 bits per heavy atom. The van der Waals surface area contributed by atoms with E-state index in [0.717, 1.165) is 5.56 Å². The van der Waals surface area contributed by atoms with Crippen molar-refractivity contribution in [2.24, 2.45) is 7.05 Å². The van der Waals surface area contributed by atoms with Gasteiger partial charge in [0.2, 0.25) is 5.91 Å².